The normalized spacial score (nSPS) is 22.3. The number of aromatic nitrogens is 5. The van der Waals surface area contributed by atoms with E-state index in [1.165, 1.54) is 18.1 Å². The number of pyridine rings is 1. The van der Waals surface area contributed by atoms with E-state index < -0.39 is 0 Å². The number of hydrogen-bond acceptors (Lipinski definition) is 8. The van der Waals surface area contributed by atoms with Gasteiger partial charge in [0.2, 0.25) is 5.95 Å². The SMILES string of the molecule is C[C@@H]1CCC[C@H](C)N1c1nnc2ccc(S[C@@H]3CC[C@H](NC(=O)Nc4cc(C(C)(C)C)nn4-c4cc(CN5CCN(C)CC5)ccc4F)c4ccccc43)cn12. The number of halogens is 1. The summed E-state index contributed by atoms with van der Waals surface area (Å²) in [4.78, 5) is 22.2. The third-order valence-electron chi connectivity index (χ3n) is 11.8. The van der Waals surface area contributed by atoms with Crippen LogP contribution in [0, 0.1) is 5.82 Å². The average molecular weight is 779 g/mol. The van der Waals surface area contributed by atoms with Gasteiger partial charge in [0.1, 0.15) is 17.3 Å². The zero-order valence-corrected chi connectivity index (χ0v) is 34.3. The fraction of sp³-hybridized carbons (Fsp3) is 0.488. The van der Waals surface area contributed by atoms with E-state index in [-0.39, 0.29) is 28.6 Å². The first-order valence-electron chi connectivity index (χ1n) is 20.2. The van der Waals surface area contributed by atoms with Gasteiger partial charge in [-0.15, -0.1) is 22.0 Å². The lowest BCUT2D eigenvalue weighted by Crippen LogP contribution is -2.44. The maximum atomic E-state index is 15.6. The Balaban J connectivity index is 0.996. The molecule has 11 nitrogen and oxygen atoms in total. The van der Waals surface area contributed by atoms with Crippen molar-refractivity contribution in [3.05, 3.63) is 95.1 Å². The number of piperazine rings is 1. The van der Waals surface area contributed by atoms with Crippen LogP contribution in [-0.4, -0.2) is 85.5 Å². The Morgan fingerprint density at radius 1 is 0.911 bits per heavy atom. The van der Waals surface area contributed by atoms with E-state index in [0.717, 1.165) is 91.7 Å². The molecule has 2 amide bonds. The van der Waals surface area contributed by atoms with Crippen molar-refractivity contribution in [2.24, 2.45) is 0 Å². The quantitative estimate of drug-likeness (QED) is 0.162. The molecule has 0 radical (unpaired) electrons. The number of piperidine rings is 1. The zero-order chi connectivity index (χ0) is 39.1. The second-order valence-electron chi connectivity index (χ2n) is 17.0. The van der Waals surface area contributed by atoms with Crippen LogP contribution in [0.4, 0.5) is 21.0 Å². The Kier molecular flexibility index (Phi) is 10.9. The van der Waals surface area contributed by atoms with E-state index in [9.17, 15) is 4.79 Å². The molecule has 0 saturated carbocycles. The van der Waals surface area contributed by atoms with Crippen molar-refractivity contribution < 1.29 is 9.18 Å². The molecule has 8 rings (SSSR count). The lowest BCUT2D eigenvalue weighted by atomic mass is 9.87. The summed E-state index contributed by atoms with van der Waals surface area (Å²) in [5.74, 6) is 0.954. The predicted molar refractivity (Wildman–Crippen MR) is 222 cm³/mol. The number of anilines is 2. The molecule has 0 bridgehead atoms. The fourth-order valence-corrected chi connectivity index (χ4v) is 9.76. The molecule has 2 N–H and O–H groups in total. The number of amides is 2. The van der Waals surface area contributed by atoms with Crippen molar-refractivity contribution in [3.63, 3.8) is 0 Å². The van der Waals surface area contributed by atoms with Crippen molar-refractivity contribution in [1.82, 2.24) is 39.5 Å². The maximum Gasteiger partial charge on any atom is 0.320 e. The minimum absolute atomic E-state index is 0.181. The topological polar surface area (TPSA) is 98.9 Å². The number of carbonyl (C=O) groups excluding carboxylic acids is 1. The summed E-state index contributed by atoms with van der Waals surface area (Å²) in [6, 6.07) is 20.0. The summed E-state index contributed by atoms with van der Waals surface area (Å²) in [5.41, 5.74) is 4.96. The summed E-state index contributed by atoms with van der Waals surface area (Å²) in [5, 5.41) is 20.5. The highest BCUT2D eigenvalue weighted by atomic mass is 32.2. The first-order chi connectivity index (χ1) is 26.9. The Morgan fingerprint density at radius 2 is 1.66 bits per heavy atom. The van der Waals surface area contributed by atoms with E-state index in [2.05, 4.69) is 118 Å². The molecule has 2 fully saturated rings. The number of benzene rings is 2. The van der Waals surface area contributed by atoms with E-state index >= 15 is 4.39 Å². The Morgan fingerprint density at radius 3 is 2.41 bits per heavy atom. The summed E-state index contributed by atoms with van der Waals surface area (Å²) >= 11 is 1.85. The number of urea groups is 1. The molecule has 2 aliphatic heterocycles. The Hall–Kier alpha value is -4.46. The number of rotatable bonds is 8. The predicted octanol–water partition coefficient (Wildman–Crippen LogP) is 8.36. The van der Waals surface area contributed by atoms with Gasteiger partial charge in [-0.05, 0) is 94.0 Å². The smallest absolute Gasteiger partial charge is 0.320 e. The summed E-state index contributed by atoms with van der Waals surface area (Å²) < 4.78 is 19.3. The fourth-order valence-electron chi connectivity index (χ4n) is 8.52. The number of likely N-dealkylation sites (N-methyl/N-ethyl adjacent to an activating group) is 1. The molecule has 2 saturated heterocycles. The molecular formula is C43H55FN10OS. The third-order valence-corrected chi connectivity index (χ3v) is 13.0. The van der Waals surface area contributed by atoms with Crippen molar-refractivity contribution in [3.8, 4) is 5.69 Å². The second kappa shape index (κ2) is 15.8. The lowest BCUT2D eigenvalue weighted by molar-refractivity contribution is 0.148. The van der Waals surface area contributed by atoms with E-state index in [1.54, 1.807) is 4.68 Å². The van der Waals surface area contributed by atoms with Crippen LogP contribution < -0.4 is 15.5 Å². The molecule has 5 aromatic rings. The number of carbonyl (C=O) groups is 1. The van der Waals surface area contributed by atoms with Gasteiger partial charge in [-0.25, -0.2) is 13.9 Å². The molecule has 0 unspecified atom stereocenters. The molecule has 13 heteroatoms. The highest BCUT2D eigenvalue weighted by Gasteiger charge is 2.31. The molecular weight excluding hydrogens is 724 g/mol. The van der Waals surface area contributed by atoms with Crippen molar-refractivity contribution in [1.29, 1.82) is 0 Å². The number of nitrogens with zero attached hydrogens (tertiary/aromatic N) is 8. The van der Waals surface area contributed by atoms with Crippen LogP contribution >= 0.6 is 11.8 Å². The third kappa shape index (κ3) is 8.03. The van der Waals surface area contributed by atoms with Crippen molar-refractivity contribution in [2.45, 2.75) is 107 Å². The lowest BCUT2D eigenvalue weighted by Gasteiger charge is -2.39. The minimum atomic E-state index is -0.390. The van der Waals surface area contributed by atoms with Crippen molar-refractivity contribution in [2.75, 3.05) is 43.4 Å². The molecule has 3 aliphatic rings. The number of fused-ring (bicyclic) bond motifs is 2. The highest BCUT2D eigenvalue weighted by Crippen LogP contribution is 2.46. The van der Waals surface area contributed by atoms with Gasteiger partial charge in [-0.1, -0.05) is 51.1 Å². The second-order valence-corrected chi connectivity index (χ2v) is 18.3. The minimum Gasteiger partial charge on any atom is -0.335 e. The first kappa shape index (κ1) is 38.4. The van der Waals surface area contributed by atoms with Crippen LogP contribution in [0.3, 0.4) is 0 Å². The summed E-state index contributed by atoms with van der Waals surface area (Å²) in [6.45, 7) is 15.4. The Bertz CT molecular complexity index is 2180. The molecule has 3 aromatic heterocycles. The molecule has 2 aromatic carbocycles. The van der Waals surface area contributed by atoms with Gasteiger partial charge in [-0.2, -0.15) is 5.10 Å². The van der Waals surface area contributed by atoms with Crippen LogP contribution in [0.2, 0.25) is 0 Å². The van der Waals surface area contributed by atoms with Crippen LogP contribution in [0.15, 0.2) is 71.8 Å². The number of nitrogens with one attached hydrogen (secondary N) is 2. The van der Waals surface area contributed by atoms with Crippen LogP contribution in [0.5, 0.6) is 0 Å². The largest absolute Gasteiger partial charge is 0.335 e. The van der Waals surface area contributed by atoms with Gasteiger partial charge < -0.3 is 15.1 Å². The van der Waals surface area contributed by atoms with Gasteiger partial charge >= 0.3 is 6.03 Å². The monoisotopic (exact) mass is 778 g/mol. The van der Waals surface area contributed by atoms with E-state index in [4.69, 9.17) is 5.10 Å². The first-order valence-corrected chi connectivity index (χ1v) is 21.1. The van der Waals surface area contributed by atoms with Crippen LogP contribution in [0.1, 0.15) is 100 Å². The van der Waals surface area contributed by atoms with Gasteiger partial charge in [0, 0.05) is 72.6 Å². The summed E-state index contributed by atoms with van der Waals surface area (Å²) in [6.07, 6.45) is 7.40. The van der Waals surface area contributed by atoms with Crippen molar-refractivity contribution >= 4 is 35.2 Å². The molecule has 5 heterocycles. The summed E-state index contributed by atoms with van der Waals surface area (Å²) in [7, 11) is 2.14. The zero-order valence-electron chi connectivity index (χ0n) is 33.5. The average Bonchev–Trinajstić information content (AvgIpc) is 3.79. The van der Waals surface area contributed by atoms with Gasteiger partial charge in [-0.3, -0.25) is 14.6 Å². The molecule has 4 atom stereocenters. The van der Waals surface area contributed by atoms with Crippen LogP contribution in [0.25, 0.3) is 11.3 Å². The standard InChI is InChI=1S/C43H55FN10OS/c1-28-10-9-11-29(2)53(28)42-48-47-39-19-15-31(27-52(39)42)56-37-18-17-35(32-12-7-8-13-33(32)37)45-41(55)46-40-25-38(43(3,4)5)49-54(40)36-24-30(14-16-34(36)44)26-51-22-20-50(6)21-23-51/h7-8,12-16,19,24-25,27-29,35,37H,9-11,17-18,20-23,26H2,1-6H3,(H2,45,46,55)/t28-,29+,35-,37+/m0/s1. The number of thioether (sulfide) groups is 1. The highest BCUT2D eigenvalue weighted by molar-refractivity contribution is 7.99. The van der Waals surface area contributed by atoms with Gasteiger partial charge in [0.25, 0.3) is 0 Å². The molecule has 1 aliphatic carbocycles. The van der Waals surface area contributed by atoms with Gasteiger partial charge in [0.15, 0.2) is 5.65 Å². The van der Waals surface area contributed by atoms with E-state index in [1.807, 2.05) is 36.0 Å². The molecule has 296 valence electrons. The van der Waals surface area contributed by atoms with E-state index in [0.29, 0.717) is 23.6 Å². The molecule has 0 spiro atoms. The van der Waals surface area contributed by atoms with Crippen LogP contribution in [-0.2, 0) is 12.0 Å². The molecule has 56 heavy (non-hydrogen) atoms. The number of hydrogen-bond donors (Lipinski definition) is 2. The van der Waals surface area contributed by atoms with Gasteiger partial charge in [0.05, 0.1) is 11.7 Å². The Labute approximate surface area is 334 Å². The maximum absolute atomic E-state index is 15.6.